The Bertz CT molecular complexity index is 3280. The van der Waals surface area contributed by atoms with Gasteiger partial charge in [-0.1, -0.05) is 140 Å². The molecule has 11 aromatic rings. The van der Waals surface area contributed by atoms with Gasteiger partial charge in [-0.05, 0) is 95.8 Å². The van der Waals surface area contributed by atoms with Crippen LogP contribution in [0.5, 0.6) is 0 Å². The van der Waals surface area contributed by atoms with E-state index < -0.39 is 0 Å². The van der Waals surface area contributed by atoms with E-state index in [0.717, 1.165) is 66.7 Å². The molecule has 0 N–H and O–H groups in total. The summed E-state index contributed by atoms with van der Waals surface area (Å²) >= 11 is 0. The quantitative estimate of drug-likeness (QED) is 0.170. The minimum atomic E-state index is 0.704. The van der Waals surface area contributed by atoms with Crippen molar-refractivity contribution in [2.45, 2.75) is 13.8 Å². The summed E-state index contributed by atoms with van der Waals surface area (Å²) in [6.45, 7) is 4.43. The predicted molar refractivity (Wildman–Crippen MR) is 240 cm³/mol. The van der Waals surface area contributed by atoms with Crippen molar-refractivity contribution in [1.29, 1.82) is 0 Å². The van der Waals surface area contributed by atoms with Gasteiger partial charge in [0.1, 0.15) is 11.2 Å². The molecule has 0 unspecified atom stereocenters. The lowest BCUT2D eigenvalue weighted by molar-refractivity contribution is 0.669. The number of hydrogen-bond donors (Lipinski definition) is 0. The van der Waals surface area contributed by atoms with Crippen LogP contribution in [0.3, 0.4) is 0 Å². The minimum absolute atomic E-state index is 0.704. The van der Waals surface area contributed by atoms with E-state index in [4.69, 9.17) is 14.4 Å². The van der Waals surface area contributed by atoms with Crippen LogP contribution in [-0.2, 0) is 0 Å². The number of para-hydroxylation sites is 2. The van der Waals surface area contributed by atoms with Crippen molar-refractivity contribution in [3.05, 3.63) is 199 Å². The van der Waals surface area contributed by atoms with E-state index in [-0.39, 0.29) is 0 Å². The maximum absolute atomic E-state index is 6.31. The number of hydrogen-bond acceptors (Lipinski definition) is 3. The van der Waals surface area contributed by atoms with Crippen LogP contribution in [0.25, 0.3) is 106 Å². The van der Waals surface area contributed by atoms with Gasteiger partial charge < -0.3 is 8.98 Å². The Labute approximate surface area is 336 Å². The molecule has 0 amide bonds. The first-order valence-electron chi connectivity index (χ1n) is 19.7. The molecular formula is C54H37N3O. The van der Waals surface area contributed by atoms with Crippen molar-refractivity contribution in [2.24, 2.45) is 0 Å². The Morgan fingerprint density at radius 3 is 1.72 bits per heavy atom. The van der Waals surface area contributed by atoms with Crippen molar-refractivity contribution < 1.29 is 4.42 Å². The van der Waals surface area contributed by atoms with Crippen LogP contribution in [0.2, 0.25) is 0 Å². The highest BCUT2D eigenvalue weighted by atomic mass is 16.3. The van der Waals surface area contributed by atoms with Crippen LogP contribution < -0.4 is 0 Å². The van der Waals surface area contributed by atoms with Crippen LogP contribution in [0, 0.1) is 13.8 Å². The first kappa shape index (κ1) is 33.8. The summed E-state index contributed by atoms with van der Waals surface area (Å²) in [5.41, 5.74) is 17.3. The molecule has 0 fully saturated rings. The van der Waals surface area contributed by atoms with Gasteiger partial charge in [0.05, 0.1) is 22.4 Å². The zero-order chi connectivity index (χ0) is 38.7. The van der Waals surface area contributed by atoms with E-state index in [1.807, 2.05) is 48.5 Å². The van der Waals surface area contributed by atoms with Gasteiger partial charge in [-0.3, -0.25) is 0 Å². The molecule has 58 heavy (non-hydrogen) atoms. The van der Waals surface area contributed by atoms with Crippen LogP contribution in [0.15, 0.2) is 192 Å². The van der Waals surface area contributed by atoms with E-state index in [9.17, 15) is 0 Å². The van der Waals surface area contributed by atoms with Crippen LogP contribution in [0.1, 0.15) is 11.1 Å². The number of benzene rings is 8. The SMILES string of the molecule is Cc1cc(-c2ccc3c(c2)oc2ccccc23)c(C)c(-n2c3ccccc3c3cc(-c4ccc(-c5nc(-c6ccccc6)cc(-c6ccccc6)n5)cc4)ccc32)c1. The molecule has 274 valence electrons. The molecule has 4 heteroatoms. The van der Waals surface area contributed by atoms with Crippen LogP contribution in [0.4, 0.5) is 0 Å². The average Bonchev–Trinajstić information content (AvgIpc) is 3.82. The van der Waals surface area contributed by atoms with Crippen molar-refractivity contribution in [2.75, 3.05) is 0 Å². The zero-order valence-corrected chi connectivity index (χ0v) is 32.1. The molecular weight excluding hydrogens is 707 g/mol. The highest BCUT2D eigenvalue weighted by Gasteiger charge is 2.18. The van der Waals surface area contributed by atoms with E-state index in [1.54, 1.807) is 0 Å². The molecule has 0 radical (unpaired) electrons. The maximum atomic E-state index is 6.31. The van der Waals surface area contributed by atoms with E-state index in [0.29, 0.717) is 5.82 Å². The average molecular weight is 744 g/mol. The fourth-order valence-electron chi connectivity index (χ4n) is 8.58. The lowest BCUT2D eigenvalue weighted by atomic mass is 9.95. The number of aryl methyl sites for hydroxylation is 1. The largest absolute Gasteiger partial charge is 0.456 e. The highest BCUT2D eigenvalue weighted by Crippen LogP contribution is 2.40. The number of rotatable bonds is 6. The molecule has 0 aliphatic heterocycles. The second kappa shape index (κ2) is 13.6. The molecule has 0 bridgehead atoms. The molecule has 0 aliphatic carbocycles. The molecule has 3 heterocycles. The fourth-order valence-corrected chi connectivity index (χ4v) is 8.58. The van der Waals surface area contributed by atoms with E-state index in [1.165, 1.54) is 44.2 Å². The first-order chi connectivity index (χ1) is 28.6. The Kier molecular flexibility index (Phi) is 7.90. The number of fused-ring (bicyclic) bond motifs is 6. The Balaban J connectivity index is 0.992. The van der Waals surface area contributed by atoms with E-state index in [2.05, 4.69) is 158 Å². The Morgan fingerprint density at radius 1 is 0.397 bits per heavy atom. The summed E-state index contributed by atoms with van der Waals surface area (Å²) in [6.07, 6.45) is 0. The third-order valence-corrected chi connectivity index (χ3v) is 11.5. The third kappa shape index (κ3) is 5.69. The first-order valence-corrected chi connectivity index (χ1v) is 19.7. The summed E-state index contributed by atoms with van der Waals surface area (Å²) < 4.78 is 8.75. The third-order valence-electron chi connectivity index (χ3n) is 11.5. The smallest absolute Gasteiger partial charge is 0.160 e. The monoisotopic (exact) mass is 743 g/mol. The zero-order valence-electron chi connectivity index (χ0n) is 32.1. The molecule has 0 atom stereocenters. The van der Waals surface area contributed by atoms with Gasteiger partial charge in [0.25, 0.3) is 0 Å². The standard InChI is InChI=1S/C54H37N3O/c1-34-29-45(41-25-27-44-43-18-10-12-20-52(43)58-53(44)32-41)35(2)51(30-34)57-49-19-11-9-17-42(49)46-31-40(26-28-50(46)57)36-21-23-39(24-22-36)54-55-47(37-13-5-3-6-14-37)33-48(56-54)38-15-7-4-8-16-38/h3-33H,1-2H3. The van der Waals surface area contributed by atoms with Crippen LogP contribution in [-0.4, -0.2) is 14.5 Å². The maximum Gasteiger partial charge on any atom is 0.160 e. The molecule has 0 aliphatic rings. The lowest BCUT2D eigenvalue weighted by Gasteiger charge is -2.17. The minimum Gasteiger partial charge on any atom is -0.456 e. The van der Waals surface area contributed by atoms with Gasteiger partial charge in [0, 0.05) is 43.9 Å². The fraction of sp³-hybridized carbons (Fsp3) is 0.0370. The molecule has 8 aromatic carbocycles. The summed E-state index contributed by atoms with van der Waals surface area (Å²) in [7, 11) is 0. The number of furan rings is 1. The predicted octanol–water partition coefficient (Wildman–Crippen LogP) is 14.4. The number of nitrogens with zero attached hydrogens (tertiary/aromatic N) is 3. The summed E-state index contributed by atoms with van der Waals surface area (Å²) in [5, 5.41) is 4.73. The van der Waals surface area contributed by atoms with Gasteiger partial charge >= 0.3 is 0 Å². The molecule has 0 spiro atoms. The summed E-state index contributed by atoms with van der Waals surface area (Å²) in [6, 6.07) is 66.5. The van der Waals surface area contributed by atoms with Gasteiger partial charge in [-0.2, -0.15) is 0 Å². The second-order valence-electron chi connectivity index (χ2n) is 15.1. The molecule has 0 saturated heterocycles. The van der Waals surface area contributed by atoms with Gasteiger partial charge in [-0.15, -0.1) is 0 Å². The van der Waals surface area contributed by atoms with Gasteiger partial charge in [-0.25, -0.2) is 9.97 Å². The molecule has 4 nitrogen and oxygen atoms in total. The number of aromatic nitrogens is 3. The van der Waals surface area contributed by atoms with Crippen molar-refractivity contribution in [1.82, 2.24) is 14.5 Å². The Morgan fingerprint density at radius 2 is 0.983 bits per heavy atom. The van der Waals surface area contributed by atoms with Gasteiger partial charge in [0.15, 0.2) is 5.82 Å². The highest BCUT2D eigenvalue weighted by molar-refractivity contribution is 6.11. The molecule has 3 aromatic heterocycles. The van der Waals surface area contributed by atoms with Crippen molar-refractivity contribution >= 4 is 43.7 Å². The summed E-state index contributed by atoms with van der Waals surface area (Å²) in [4.78, 5) is 10.1. The topological polar surface area (TPSA) is 43.9 Å². The van der Waals surface area contributed by atoms with Gasteiger partial charge in [0.2, 0.25) is 0 Å². The normalized spacial score (nSPS) is 11.6. The van der Waals surface area contributed by atoms with Crippen LogP contribution >= 0.6 is 0 Å². The molecule has 11 rings (SSSR count). The molecule has 0 saturated carbocycles. The van der Waals surface area contributed by atoms with Crippen molar-refractivity contribution in [3.63, 3.8) is 0 Å². The summed E-state index contributed by atoms with van der Waals surface area (Å²) in [5.74, 6) is 0.704. The second-order valence-corrected chi connectivity index (χ2v) is 15.1. The Hall–Kier alpha value is -7.56. The van der Waals surface area contributed by atoms with Crippen molar-refractivity contribution in [3.8, 4) is 61.8 Å². The lowest BCUT2D eigenvalue weighted by Crippen LogP contribution is -2.00. The van der Waals surface area contributed by atoms with E-state index >= 15 is 0 Å².